The zero-order chi connectivity index (χ0) is 16.9. The highest BCUT2D eigenvalue weighted by Crippen LogP contribution is 2.30. The number of ether oxygens (including phenoxy) is 1. The predicted molar refractivity (Wildman–Crippen MR) is 96.5 cm³/mol. The number of aromatic nitrogens is 1. The summed E-state index contributed by atoms with van der Waals surface area (Å²) >= 11 is 1.73. The summed E-state index contributed by atoms with van der Waals surface area (Å²) in [5.74, 6) is 0.474. The van der Waals surface area contributed by atoms with Crippen molar-refractivity contribution in [3.05, 3.63) is 51.5 Å². The van der Waals surface area contributed by atoms with Crippen molar-refractivity contribution in [2.24, 2.45) is 0 Å². The molecule has 1 atom stereocenters. The zero-order valence-electron chi connectivity index (χ0n) is 14.3. The first-order chi connectivity index (χ1) is 11.7. The average Bonchev–Trinajstić information content (AvgIpc) is 3.11. The molecule has 1 aliphatic heterocycles. The molecule has 4 nitrogen and oxygen atoms in total. The van der Waals surface area contributed by atoms with Crippen LogP contribution in [0.5, 0.6) is 0 Å². The van der Waals surface area contributed by atoms with Gasteiger partial charge >= 0.3 is 0 Å². The van der Waals surface area contributed by atoms with Crippen molar-refractivity contribution in [2.75, 3.05) is 20.2 Å². The van der Waals surface area contributed by atoms with Crippen LogP contribution in [0.1, 0.15) is 52.3 Å². The SMILES string of the molecule is CCc1csc(C2CCCN(C(=O)c3ccccc3COC)C2)n1. The molecular formula is C19H24N2O2S. The Balaban J connectivity index is 1.76. The van der Waals surface area contributed by atoms with Crippen LogP contribution in [-0.2, 0) is 17.8 Å². The van der Waals surface area contributed by atoms with E-state index in [-0.39, 0.29) is 5.91 Å². The van der Waals surface area contributed by atoms with E-state index in [4.69, 9.17) is 9.72 Å². The fourth-order valence-corrected chi connectivity index (χ4v) is 4.25. The molecule has 1 aromatic carbocycles. The lowest BCUT2D eigenvalue weighted by Gasteiger charge is -2.32. The van der Waals surface area contributed by atoms with Gasteiger partial charge in [-0.25, -0.2) is 4.98 Å². The van der Waals surface area contributed by atoms with Gasteiger partial charge in [-0.05, 0) is 30.9 Å². The van der Waals surface area contributed by atoms with E-state index in [0.717, 1.165) is 49.2 Å². The average molecular weight is 344 g/mol. The molecule has 0 radical (unpaired) electrons. The summed E-state index contributed by atoms with van der Waals surface area (Å²) in [4.78, 5) is 19.7. The minimum Gasteiger partial charge on any atom is -0.380 e. The van der Waals surface area contributed by atoms with Crippen LogP contribution < -0.4 is 0 Å². The molecule has 1 aromatic heterocycles. The quantitative estimate of drug-likeness (QED) is 0.827. The number of benzene rings is 1. The highest BCUT2D eigenvalue weighted by atomic mass is 32.1. The number of piperidine rings is 1. The number of thiazole rings is 1. The largest absolute Gasteiger partial charge is 0.380 e. The monoisotopic (exact) mass is 344 g/mol. The van der Waals surface area contributed by atoms with Crippen molar-refractivity contribution >= 4 is 17.2 Å². The van der Waals surface area contributed by atoms with Crippen molar-refractivity contribution in [1.82, 2.24) is 9.88 Å². The molecule has 1 aliphatic rings. The molecule has 1 amide bonds. The fraction of sp³-hybridized carbons (Fsp3) is 0.474. The van der Waals surface area contributed by atoms with Gasteiger partial charge in [0.2, 0.25) is 0 Å². The first kappa shape index (κ1) is 17.1. The third kappa shape index (κ3) is 3.68. The molecule has 24 heavy (non-hydrogen) atoms. The molecular weight excluding hydrogens is 320 g/mol. The van der Waals surface area contributed by atoms with Crippen molar-refractivity contribution in [2.45, 2.75) is 38.7 Å². The lowest BCUT2D eigenvalue weighted by molar-refractivity contribution is 0.0702. The maximum Gasteiger partial charge on any atom is 0.254 e. The number of hydrogen-bond donors (Lipinski definition) is 0. The normalized spacial score (nSPS) is 17.9. The highest BCUT2D eigenvalue weighted by Gasteiger charge is 2.28. The minimum absolute atomic E-state index is 0.111. The third-order valence-corrected chi connectivity index (χ3v) is 5.59. The first-order valence-electron chi connectivity index (χ1n) is 8.53. The molecule has 0 spiro atoms. The lowest BCUT2D eigenvalue weighted by Crippen LogP contribution is -2.39. The second-order valence-corrected chi connectivity index (χ2v) is 7.10. The standard InChI is InChI=1S/C19H24N2O2S/c1-3-16-13-24-18(20-16)14-8-6-10-21(11-14)19(22)17-9-5-4-7-15(17)12-23-2/h4-5,7,9,13-14H,3,6,8,10-12H2,1-2H3. The van der Waals surface area contributed by atoms with Gasteiger partial charge in [0, 0.05) is 37.1 Å². The molecule has 3 rings (SSSR count). The van der Waals surface area contributed by atoms with Gasteiger partial charge in [0.15, 0.2) is 0 Å². The maximum atomic E-state index is 13.0. The van der Waals surface area contributed by atoms with Crippen LogP contribution in [0.25, 0.3) is 0 Å². The van der Waals surface area contributed by atoms with Crippen LogP contribution in [0.3, 0.4) is 0 Å². The summed E-state index contributed by atoms with van der Waals surface area (Å²) < 4.78 is 5.23. The molecule has 5 heteroatoms. The Morgan fingerprint density at radius 2 is 2.25 bits per heavy atom. The van der Waals surface area contributed by atoms with E-state index in [0.29, 0.717) is 12.5 Å². The van der Waals surface area contributed by atoms with E-state index in [1.807, 2.05) is 29.2 Å². The number of methoxy groups -OCH3 is 1. The van der Waals surface area contributed by atoms with Crippen LogP contribution >= 0.6 is 11.3 Å². The van der Waals surface area contributed by atoms with Crippen molar-refractivity contribution < 1.29 is 9.53 Å². The molecule has 0 saturated carbocycles. The molecule has 128 valence electrons. The number of aryl methyl sites for hydroxylation is 1. The Morgan fingerprint density at radius 3 is 3.00 bits per heavy atom. The number of rotatable bonds is 5. The third-order valence-electron chi connectivity index (χ3n) is 4.54. The van der Waals surface area contributed by atoms with Gasteiger partial charge in [-0.2, -0.15) is 0 Å². The van der Waals surface area contributed by atoms with Crippen molar-refractivity contribution in [1.29, 1.82) is 0 Å². The van der Waals surface area contributed by atoms with Gasteiger partial charge in [0.05, 0.1) is 17.3 Å². The fourth-order valence-electron chi connectivity index (χ4n) is 3.22. The first-order valence-corrected chi connectivity index (χ1v) is 9.41. The Kier molecular flexibility index (Phi) is 5.63. The number of carbonyl (C=O) groups is 1. The van der Waals surface area contributed by atoms with Gasteiger partial charge in [0.25, 0.3) is 5.91 Å². The minimum atomic E-state index is 0.111. The Labute approximate surface area is 147 Å². The Bertz CT molecular complexity index is 698. The van der Waals surface area contributed by atoms with E-state index < -0.39 is 0 Å². The highest BCUT2D eigenvalue weighted by molar-refractivity contribution is 7.09. The number of carbonyl (C=O) groups excluding carboxylic acids is 1. The van der Waals surface area contributed by atoms with Crippen LogP contribution in [0.4, 0.5) is 0 Å². The summed E-state index contributed by atoms with van der Waals surface area (Å²) in [5.41, 5.74) is 2.87. The topological polar surface area (TPSA) is 42.4 Å². The molecule has 1 unspecified atom stereocenters. The van der Waals surface area contributed by atoms with E-state index in [1.165, 1.54) is 5.01 Å². The summed E-state index contributed by atoms with van der Waals surface area (Å²) in [5, 5.41) is 3.32. The molecule has 1 saturated heterocycles. The Morgan fingerprint density at radius 1 is 1.42 bits per heavy atom. The van der Waals surface area contributed by atoms with Gasteiger partial charge in [0.1, 0.15) is 0 Å². The summed E-state index contributed by atoms with van der Waals surface area (Å²) in [6, 6.07) is 7.74. The number of nitrogens with zero attached hydrogens (tertiary/aromatic N) is 2. The Hall–Kier alpha value is -1.72. The van der Waals surface area contributed by atoms with E-state index in [2.05, 4.69) is 12.3 Å². The molecule has 0 bridgehead atoms. The molecule has 1 fully saturated rings. The van der Waals surface area contributed by atoms with Crippen LogP contribution in [0, 0.1) is 0 Å². The maximum absolute atomic E-state index is 13.0. The van der Waals surface area contributed by atoms with Crippen LogP contribution in [-0.4, -0.2) is 36.0 Å². The molecule has 0 aliphatic carbocycles. The van der Waals surface area contributed by atoms with Gasteiger partial charge in [-0.1, -0.05) is 25.1 Å². The summed E-state index contributed by atoms with van der Waals surface area (Å²) in [6.45, 7) is 4.17. The van der Waals surface area contributed by atoms with Crippen molar-refractivity contribution in [3.8, 4) is 0 Å². The summed E-state index contributed by atoms with van der Waals surface area (Å²) in [7, 11) is 1.66. The van der Waals surface area contributed by atoms with E-state index in [9.17, 15) is 4.79 Å². The number of likely N-dealkylation sites (tertiary alicyclic amines) is 1. The number of amides is 1. The van der Waals surface area contributed by atoms with Gasteiger partial charge in [-0.15, -0.1) is 11.3 Å². The van der Waals surface area contributed by atoms with Gasteiger partial charge in [-0.3, -0.25) is 4.79 Å². The number of hydrogen-bond acceptors (Lipinski definition) is 4. The smallest absolute Gasteiger partial charge is 0.254 e. The summed E-state index contributed by atoms with van der Waals surface area (Å²) in [6.07, 6.45) is 3.11. The molecule has 0 N–H and O–H groups in total. The van der Waals surface area contributed by atoms with Crippen LogP contribution in [0.2, 0.25) is 0 Å². The second-order valence-electron chi connectivity index (χ2n) is 6.21. The second kappa shape index (κ2) is 7.90. The van der Waals surface area contributed by atoms with E-state index in [1.54, 1.807) is 18.4 Å². The van der Waals surface area contributed by atoms with Gasteiger partial charge < -0.3 is 9.64 Å². The predicted octanol–water partition coefficient (Wildman–Crippen LogP) is 3.87. The van der Waals surface area contributed by atoms with Crippen LogP contribution in [0.15, 0.2) is 29.6 Å². The molecule has 2 aromatic rings. The lowest BCUT2D eigenvalue weighted by atomic mass is 9.97. The van der Waals surface area contributed by atoms with Crippen molar-refractivity contribution in [3.63, 3.8) is 0 Å². The molecule has 2 heterocycles. The zero-order valence-corrected chi connectivity index (χ0v) is 15.1. The van der Waals surface area contributed by atoms with E-state index >= 15 is 0 Å².